The number of rotatable bonds is 7. The molecule has 0 aliphatic rings. The van der Waals surface area contributed by atoms with Crippen molar-refractivity contribution in [1.82, 2.24) is 0 Å². The summed E-state index contributed by atoms with van der Waals surface area (Å²) in [4.78, 5) is 24.7. The van der Waals surface area contributed by atoms with Crippen molar-refractivity contribution in [3.05, 3.63) is 107 Å². The Morgan fingerprint density at radius 3 is 2.51 bits per heavy atom. The Morgan fingerprint density at radius 2 is 1.77 bits per heavy atom. The zero-order valence-corrected chi connectivity index (χ0v) is 19.2. The molecule has 176 valence electrons. The van der Waals surface area contributed by atoms with Gasteiger partial charge in [0, 0.05) is 17.7 Å². The number of benzene rings is 4. The van der Waals surface area contributed by atoms with Gasteiger partial charge >= 0.3 is 5.97 Å². The van der Waals surface area contributed by atoms with E-state index in [1.165, 1.54) is 24.3 Å². The normalized spacial score (nSPS) is 11.5. The van der Waals surface area contributed by atoms with Crippen LogP contribution in [0.4, 0.5) is 10.1 Å². The van der Waals surface area contributed by atoms with Gasteiger partial charge in [-0.15, -0.1) is 0 Å². The fourth-order valence-electron chi connectivity index (χ4n) is 3.98. The number of carboxylic acid groups (broad SMARTS) is 1. The summed E-state index contributed by atoms with van der Waals surface area (Å²) in [6, 6.07) is 23.2. The van der Waals surface area contributed by atoms with Gasteiger partial charge in [-0.1, -0.05) is 55.5 Å². The van der Waals surface area contributed by atoms with Gasteiger partial charge < -0.3 is 16.2 Å². The number of fused-ring (bicyclic) bond motifs is 1. The summed E-state index contributed by atoms with van der Waals surface area (Å²) in [5.41, 5.74) is 9.58. The minimum Gasteiger partial charge on any atom is -0.478 e. The summed E-state index contributed by atoms with van der Waals surface area (Å²) in [5.74, 6) is -2.11. The number of anilines is 1. The summed E-state index contributed by atoms with van der Waals surface area (Å²) in [7, 11) is 0. The molecule has 0 atom stereocenters. The Balaban J connectivity index is 1.75. The zero-order valence-electron chi connectivity index (χ0n) is 19.2. The molecule has 4 rings (SSSR count). The van der Waals surface area contributed by atoms with Crippen molar-refractivity contribution in [2.24, 2.45) is 5.73 Å². The van der Waals surface area contributed by atoms with Gasteiger partial charge in [-0.3, -0.25) is 4.79 Å². The van der Waals surface area contributed by atoms with Crippen molar-refractivity contribution >= 4 is 34.4 Å². The SMILES string of the molecule is CCC(=Cc1ccc(F)c(NC(=O)c2cc(-c3cccc(CN)c3)cc3ccccc23)c1)C(=O)O. The van der Waals surface area contributed by atoms with Crippen molar-refractivity contribution in [2.75, 3.05) is 5.32 Å². The Morgan fingerprint density at radius 1 is 0.971 bits per heavy atom. The number of carbonyl (C=O) groups excluding carboxylic acids is 1. The van der Waals surface area contributed by atoms with E-state index >= 15 is 0 Å². The first-order valence-electron chi connectivity index (χ1n) is 11.3. The van der Waals surface area contributed by atoms with Gasteiger partial charge in [0.25, 0.3) is 5.91 Å². The number of halogens is 1. The minimum absolute atomic E-state index is 0.0239. The number of amides is 1. The minimum atomic E-state index is -1.04. The lowest BCUT2D eigenvalue weighted by Gasteiger charge is -2.13. The Labute approximate surface area is 202 Å². The standard InChI is InChI=1S/C29H25FN2O3/c1-2-20(29(34)35)12-18-10-11-26(30)27(14-18)32-28(33)25-16-23(15-22-7-3-4-9-24(22)25)21-8-5-6-19(13-21)17-31/h3-16H,2,17,31H2,1H3,(H,32,33)(H,34,35). The first kappa shape index (κ1) is 23.9. The molecule has 4 aromatic rings. The fraction of sp³-hybridized carbons (Fsp3) is 0.103. The maximum absolute atomic E-state index is 14.6. The van der Waals surface area contributed by atoms with Gasteiger partial charge in [0.1, 0.15) is 5.82 Å². The summed E-state index contributed by atoms with van der Waals surface area (Å²) < 4.78 is 14.6. The van der Waals surface area contributed by atoms with Gasteiger partial charge in [0.2, 0.25) is 0 Å². The predicted octanol–water partition coefficient (Wildman–Crippen LogP) is 6.23. The van der Waals surface area contributed by atoms with Crippen LogP contribution >= 0.6 is 0 Å². The highest BCUT2D eigenvalue weighted by atomic mass is 19.1. The molecule has 0 radical (unpaired) electrons. The van der Waals surface area contributed by atoms with Gasteiger partial charge in [-0.05, 0) is 75.9 Å². The molecule has 0 fully saturated rings. The monoisotopic (exact) mass is 468 g/mol. The van der Waals surface area contributed by atoms with E-state index in [-0.39, 0.29) is 11.3 Å². The summed E-state index contributed by atoms with van der Waals surface area (Å²) in [6.45, 7) is 2.13. The first-order valence-corrected chi connectivity index (χ1v) is 11.3. The van der Waals surface area contributed by atoms with E-state index in [0.29, 0.717) is 24.1 Å². The molecule has 0 heterocycles. The van der Waals surface area contributed by atoms with Gasteiger partial charge in [-0.25, -0.2) is 9.18 Å². The first-order chi connectivity index (χ1) is 16.9. The lowest BCUT2D eigenvalue weighted by molar-refractivity contribution is -0.132. The molecule has 0 aliphatic heterocycles. The van der Waals surface area contributed by atoms with E-state index in [4.69, 9.17) is 5.73 Å². The van der Waals surface area contributed by atoms with E-state index in [2.05, 4.69) is 5.32 Å². The number of hydrogen-bond donors (Lipinski definition) is 3. The second-order valence-electron chi connectivity index (χ2n) is 8.17. The third-order valence-corrected chi connectivity index (χ3v) is 5.84. The Kier molecular flexibility index (Phi) is 7.03. The zero-order chi connectivity index (χ0) is 24.9. The molecule has 4 aromatic carbocycles. The van der Waals surface area contributed by atoms with Crippen molar-refractivity contribution < 1.29 is 19.1 Å². The van der Waals surface area contributed by atoms with E-state index in [9.17, 15) is 19.1 Å². The fourth-order valence-corrected chi connectivity index (χ4v) is 3.98. The van der Waals surface area contributed by atoms with Crippen molar-refractivity contribution in [3.8, 4) is 11.1 Å². The third-order valence-electron chi connectivity index (χ3n) is 5.84. The third kappa shape index (κ3) is 5.28. The second kappa shape index (κ2) is 10.3. The van der Waals surface area contributed by atoms with Crippen LogP contribution in [0.15, 0.2) is 84.4 Å². The molecule has 35 heavy (non-hydrogen) atoms. The van der Waals surface area contributed by atoms with Crippen LogP contribution in [0, 0.1) is 5.82 Å². The highest BCUT2D eigenvalue weighted by molar-refractivity contribution is 6.14. The van der Waals surface area contributed by atoms with Crippen molar-refractivity contribution in [1.29, 1.82) is 0 Å². The summed E-state index contributed by atoms with van der Waals surface area (Å²) in [5, 5.41) is 13.6. The number of hydrogen-bond acceptors (Lipinski definition) is 3. The number of nitrogens with two attached hydrogens (primary N) is 1. The van der Waals surface area contributed by atoms with Crippen LogP contribution in [0.25, 0.3) is 28.0 Å². The molecular formula is C29H25FN2O3. The lowest BCUT2D eigenvalue weighted by atomic mass is 9.95. The molecule has 0 saturated carbocycles. The molecule has 6 heteroatoms. The van der Waals surface area contributed by atoms with Crippen LogP contribution in [-0.2, 0) is 11.3 Å². The lowest BCUT2D eigenvalue weighted by Crippen LogP contribution is -2.14. The topological polar surface area (TPSA) is 92.4 Å². The predicted molar refractivity (Wildman–Crippen MR) is 138 cm³/mol. The summed E-state index contributed by atoms with van der Waals surface area (Å²) in [6.07, 6.45) is 1.79. The maximum atomic E-state index is 14.6. The maximum Gasteiger partial charge on any atom is 0.331 e. The molecule has 1 amide bonds. The molecule has 0 aliphatic carbocycles. The van der Waals surface area contributed by atoms with Crippen LogP contribution in [0.5, 0.6) is 0 Å². The number of carbonyl (C=O) groups is 2. The number of carboxylic acids is 1. The van der Waals surface area contributed by atoms with Crippen molar-refractivity contribution in [3.63, 3.8) is 0 Å². The van der Waals surface area contributed by atoms with Gasteiger partial charge in [-0.2, -0.15) is 0 Å². The molecule has 0 saturated heterocycles. The molecule has 4 N–H and O–H groups in total. The van der Waals surface area contributed by atoms with E-state index in [1.807, 2.05) is 54.6 Å². The average molecular weight is 469 g/mol. The molecular weight excluding hydrogens is 443 g/mol. The molecule has 0 spiro atoms. The molecule has 0 unspecified atom stereocenters. The number of aliphatic carboxylic acids is 1. The second-order valence-corrected chi connectivity index (χ2v) is 8.17. The highest BCUT2D eigenvalue weighted by Crippen LogP contribution is 2.29. The Bertz CT molecular complexity index is 1460. The Hall–Kier alpha value is -4.29. The van der Waals surface area contributed by atoms with Crippen LogP contribution in [-0.4, -0.2) is 17.0 Å². The molecule has 0 aromatic heterocycles. The summed E-state index contributed by atoms with van der Waals surface area (Å²) >= 11 is 0. The van der Waals surface area contributed by atoms with E-state index in [1.54, 1.807) is 13.0 Å². The van der Waals surface area contributed by atoms with Gasteiger partial charge in [0.05, 0.1) is 5.69 Å². The van der Waals surface area contributed by atoms with Crippen LogP contribution < -0.4 is 11.1 Å². The van der Waals surface area contributed by atoms with E-state index in [0.717, 1.165) is 27.5 Å². The molecule has 0 bridgehead atoms. The molecule has 5 nitrogen and oxygen atoms in total. The van der Waals surface area contributed by atoms with Crippen LogP contribution in [0.3, 0.4) is 0 Å². The van der Waals surface area contributed by atoms with Crippen LogP contribution in [0.1, 0.15) is 34.8 Å². The highest BCUT2D eigenvalue weighted by Gasteiger charge is 2.16. The van der Waals surface area contributed by atoms with Gasteiger partial charge in [0.15, 0.2) is 0 Å². The average Bonchev–Trinajstić information content (AvgIpc) is 2.88. The van der Waals surface area contributed by atoms with E-state index < -0.39 is 17.7 Å². The smallest absolute Gasteiger partial charge is 0.331 e. The largest absolute Gasteiger partial charge is 0.478 e. The number of nitrogens with one attached hydrogen (secondary N) is 1. The van der Waals surface area contributed by atoms with Crippen LogP contribution in [0.2, 0.25) is 0 Å². The van der Waals surface area contributed by atoms with Crippen molar-refractivity contribution in [2.45, 2.75) is 19.9 Å². The quantitative estimate of drug-likeness (QED) is 0.280.